The summed E-state index contributed by atoms with van der Waals surface area (Å²) in [6.07, 6.45) is 4.76. The number of hydrogen-bond acceptors (Lipinski definition) is 5. The maximum atomic E-state index is 11.5. The minimum Gasteiger partial charge on any atom is -0.298 e. The number of nitrogens with zero attached hydrogens (tertiary/aromatic N) is 4. The minimum atomic E-state index is -3.89. The highest BCUT2D eigenvalue weighted by atomic mass is 35.7. The van der Waals surface area contributed by atoms with Crippen molar-refractivity contribution >= 4 is 19.7 Å². The molecule has 2 rings (SSSR count). The van der Waals surface area contributed by atoms with E-state index < -0.39 is 9.05 Å². The van der Waals surface area contributed by atoms with Crippen LogP contribution in [0, 0.1) is 0 Å². The predicted octanol–water partition coefficient (Wildman–Crippen LogP) is 1.97. The van der Waals surface area contributed by atoms with Crippen LogP contribution in [0.15, 0.2) is 29.7 Å². The van der Waals surface area contributed by atoms with Crippen LogP contribution in [0.2, 0.25) is 0 Å². The van der Waals surface area contributed by atoms with Gasteiger partial charge >= 0.3 is 0 Å². The van der Waals surface area contributed by atoms with Crippen LogP contribution >= 0.6 is 10.7 Å². The lowest BCUT2D eigenvalue weighted by Gasteiger charge is -2.12. The molecule has 0 saturated heterocycles. The first-order valence-corrected chi connectivity index (χ1v) is 8.48. The van der Waals surface area contributed by atoms with E-state index in [-0.39, 0.29) is 11.2 Å². The molecule has 0 aliphatic heterocycles. The van der Waals surface area contributed by atoms with E-state index in [0.717, 1.165) is 5.56 Å². The highest BCUT2D eigenvalue weighted by Crippen LogP contribution is 2.20. The van der Waals surface area contributed by atoms with Gasteiger partial charge in [0.2, 0.25) is 0 Å². The van der Waals surface area contributed by atoms with Crippen LogP contribution in [-0.4, -0.2) is 28.2 Å². The van der Waals surface area contributed by atoms with Gasteiger partial charge in [-0.1, -0.05) is 6.07 Å². The third-order valence-electron chi connectivity index (χ3n) is 2.83. The smallest absolute Gasteiger partial charge is 0.296 e. The molecule has 0 aromatic carbocycles. The Labute approximate surface area is 122 Å². The quantitative estimate of drug-likeness (QED) is 0.788. The first kappa shape index (κ1) is 14.9. The average Bonchev–Trinajstić information content (AvgIpc) is 2.81. The summed E-state index contributed by atoms with van der Waals surface area (Å²) in [5.74, 6) is 0.600. The summed E-state index contributed by atoms with van der Waals surface area (Å²) in [6.45, 7) is 3.73. The summed E-state index contributed by atoms with van der Waals surface area (Å²) in [6, 6.07) is 3.73. The van der Waals surface area contributed by atoms with Crippen molar-refractivity contribution in [3.63, 3.8) is 0 Å². The van der Waals surface area contributed by atoms with E-state index in [2.05, 4.69) is 15.2 Å². The lowest BCUT2D eigenvalue weighted by atomic mass is 10.1. The molecule has 0 radical (unpaired) electrons. The van der Waals surface area contributed by atoms with Crippen LogP contribution < -0.4 is 0 Å². The number of rotatable bonds is 5. The van der Waals surface area contributed by atoms with E-state index in [1.54, 1.807) is 17.0 Å². The third kappa shape index (κ3) is 3.34. The second kappa shape index (κ2) is 5.88. The van der Waals surface area contributed by atoms with Crippen molar-refractivity contribution in [3.8, 4) is 0 Å². The van der Waals surface area contributed by atoms with Crippen LogP contribution in [0.4, 0.5) is 0 Å². The monoisotopic (exact) mass is 314 g/mol. The van der Waals surface area contributed by atoms with Gasteiger partial charge in [0.25, 0.3) is 14.2 Å². The Morgan fingerprint density at radius 3 is 2.60 bits per heavy atom. The SMILES string of the molecule is CC(C)n1c(CCc2cccnc2)nnc1S(=O)(=O)Cl. The Hall–Kier alpha value is -1.47. The van der Waals surface area contributed by atoms with Crippen molar-refractivity contribution in [1.29, 1.82) is 0 Å². The maximum absolute atomic E-state index is 11.5. The van der Waals surface area contributed by atoms with E-state index in [9.17, 15) is 8.42 Å². The largest absolute Gasteiger partial charge is 0.298 e. The Balaban J connectivity index is 2.27. The summed E-state index contributed by atoms with van der Waals surface area (Å²) in [5.41, 5.74) is 1.06. The van der Waals surface area contributed by atoms with Crippen molar-refractivity contribution in [3.05, 3.63) is 35.9 Å². The molecule has 0 aliphatic rings. The lowest BCUT2D eigenvalue weighted by molar-refractivity contribution is 0.507. The summed E-state index contributed by atoms with van der Waals surface area (Å²) < 4.78 is 24.5. The molecule has 2 aromatic rings. The molecule has 0 spiro atoms. The minimum absolute atomic E-state index is 0.0857. The topological polar surface area (TPSA) is 77.7 Å². The second-order valence-electron chi connectivity index (χ2n) is 4.66. The van der Waals surface area contributed by atoms with Crippen LogP contribution in [0.1, 0.15) is 31.3 Å². The highest BCUT2D eigenvalue weighted by Gasteiger charge is 2.23. The second-order valence-corrected chi connectivity index (χ2v) is 7.12. The fourth-order valence-electron chi connectivity index (χ4n) is 1.97. The molecule has 20 heavy (non-hydrogen) atoms. The predicted molar refractivity (Wildman–Crippen MR) is 75.1 cm³/mol. The average molecular weight is 315 g/mol. The zero-order valence-corrected chi connectivity index (χ0v) is 12.8. The molecule has 2 aromatic heterocycles. The van der Waals surface area contributed by atoms with Crippen LogP contribution in [-0.2, 0) is 21.9 Å². The Morgan fingerprint density at radius 2 is 2.05 bits per heavy atom. The van der Waals surface area contributed by atoms with Gasteiger partial charge < -0.3 is 0 Å². The fraction of sp³-hybridized carbons (Fsp3) is 0.417. The van der Waals surface area contributed by atoms with Crippen molar-refractivity contribution in [2.75, 3.05) is 0 Å². The first-order valence-electron chi connectivity index (χ1n) is 6.17. The molecule has 0 bridgehead atoms. The number of pyridine rings is 1. The molecule has 0 unspecified atom stereocenters. The van der Waals surface area contributed by atoms with Gasteiger partial charge in [-0.25, -0.2) is 8.42 Å². The molecule has 6 nitrogen and oxygen atoms in total. The van der Waals surface area contributed by atoms with Gasteiger partial charge in [0, 0.05) is 35.5 Å². The van der Waals surface area contributed by atoms with Crippen molar-refractivity contribution in [2.45, 2.75) is 37.9 Å². The zero-order valence-electron chi connectivity index (χ0n) is 11.2. The normalized spacial score (nSPS) is 12.0. The number of aromatic nitrogens is 4. The summed E-state index contributed by atoms with van der Waals surface area (Å²) in [4.78, 5) is 4.04. The van der Waals surface area contributed by atoms with Gasteiger partial charge in [0.1, 0.15) is 5.82 Å². The molecule has 0 fully saturated rings. The van der Waals surface area contributed by atoms with E-state index >= 15 is 0 Å². The van der Waals surface area contributed by atoms with Gasteiger partial charge in [0.15, 0.2) is 0 Å². The Kier molecular flexibility index (Phi) is 4.39. The van der Waals surface area contributed by atoms with E-state index in [1.165, 1.54) is 0 Å². The highest BCUT2D eigenvalue weighted by molar-refractivity contribution is 8.13. The van der Waals surface area contributed by atoms with Crippen LogP contribution in [0.3, 0.4) is 0 Å². The molecule has 0 atom stereocenters. The van der Waals surface area contributed by atoms with Gasteiger partial charge in [-0.05, 0) is 31.9 Å². The van der Waals surface area contributed by atoms with E-state index in [1.807, 2.05) is 26.0 Å². The molecule has 108 valence electrons. The molecule has 0 aliphatic carbocycles. The summed E-state index contributed by atoms with van der Waals surface area (Å²) in [5, 5.41) is 7.45. The van der Waals surface area contributed by atoms with Crippen molar-refractivity contribution in [1.82, 2.24) is 19.7 Å². The van der Waals surface area contributed by atoms with Gasteiger partial charge in [-0.15, -0.1) is 10.2 Å². The van der Waals surface area contributed by atoms with E-state index in [4.69, 9.17) is 10.7 Å². The molecular formula is C12H15ClN4O2S. The molecule has 8 heteroatoms. The van der Waals surface area contributed by atoms with Crippen molar-refractivity contribution < 1.29 is 8.42 Å². The molecule has 0 amide bonds. The van der Waals surface area contributed by atoms with Gasteiger partial charge in [0.05, 0.1) is 0 Å². The number of halogens is 1. The molecule has 0 saturated carbocycles. The van der Waals surface area contributed by atoms with Gasteiger partial charge in [-0.3, -0.25) is 9.55 Å². The fourth-order valence-corrected chi connectivity index (χ4v) is 2.97. The maximum Gasteiger partial charge on any atom is 0.296 e. The van der Waals surface area contributed by atoms with Crippen LogP contribution in [0.5, 0.6) is 0 Å². The molecule has 2 heterocycles. The zero-order chi connectivity index (χ0) is 14.8. The van der Waals surface area contributed by atoms with Gasteiger partial charge in [-0.2, -0.15) is 0 Å². The van der Waals surface area contributed by atoms with E-state index in [0.29, 0.717) is 18.7 Å². The number of hydrogen-bond donors (Lipinski definition) is 0. The third-order valence-corrected chi connectivity index (χ3v) is 3.96. The lowest BCUT2D eigenvalue weighted by Crippen LogP contribution is -2.12. The first-order chi connectivity index (χ1) is 9.39. The number of aryl methyl sites for hydroxylation is 2. The molecule has 0 N–H and O–H groups in total. The standard InChI is InChI=1S/C12H15ClN4O2S/c1-9(2)17-11(15-16-12(17)20(13,18)19)6-5-10-4-3-7-14-8-10/h3-4,7-9H,5-6H2,1-2H3. The van der Waals surface area contributed by atoms with Crippen molar-refractivity contribution in [2.24, 2.45) is 0 Å². The molecular weight excluding hydrogens is 300 g/mol. The summed E-state index contributed by atoms with van der Waals surface area (Å²) >= 11 is 0. The Bertz CT molecular complexity index is 683. The van der Waals surface area contributed by atoms with Crippen LogP contribution in [0.25, 0.3) is 0 Å². The Morgan fingerprint density at radius 1 is 1.30 bits per heavy atom. The summed E-state index contributed by atoms with van der Waals surface area (Å²) in [7, 11) is 1.49.